The normalized spacial score (nSPS) is 28.8. The lowest BCUT2D eigenvalue weighted by Gasteiger charge is -2.26. The van der Waals surface area contributed by atoms with Crippen molar-refractivity contribution in [3.8, 4) is 0 Å². The summed E-state index contributed by atoms with van der Waals surface area (Å²) in [5.41, 5.74) is 5.06. The molecule has 1 saturated heterocycles. The third-order valence-corrected chi connectivity index (χ3v) is 2.50. The van der Waals surface area contributed by atoms with E-state index in [1.54, 1.807) is 14.0 Å². The average molecular weight is 202 g/mol. The second-order valence-electron chi connectivity index (χ2n) is 3.70. The number of hydrogen-bond donors (Lipinski definition) is 2. The summed E-state index contributed by atoms with van der Waals surface area (Å²) < 4.78 is 10.6. The number of methoxy groups -OCH3 is 1. The molecule has 0 radical (unpaired) electrons. The minimum atomic E-state index is -0.480. The third-order valence-electron chi connectivity index (χ3n) is 2.50. The van der Waals surface area contributed by atoms with Crippen LogP contribution in [0.3, 0.4) is 0 Å². The highest BCUT2D eigenvalue weighted by atomic mass is 16.5. The van der Waals surface area contributed by atoms with Crippen LogP contribution < -0.4 is 11.1 Å². The van der Waals surface area contributed by atoms with Crippen molar-refractivity contribution in [2.45, 2.75) is 25.0 Å². The van der Waals surface area contributed by atoms with Gasteiger partial charge < -0.3 is 20.5 Å². The van der Waals surface area contributed by atoms with E-state index in [-0.39, 0.29) is 11.5 Å². The lowest BCUT2D eigenvalue weighted by Crippen LogP contribution is -2.48. The van der Waals surface area contributed by atoms with Crippen LogP contribution in [0.4, 0.5) is 0 Å². The van der Waals surface area contributed by atoms with Crippen molar-refractivity contribution in [3.05, 3.63) is 0 Å². The van der Waals surface area contributed by atoms with Crippen LogP contribution in [0.5, 0.6) is 0 Å². The lowest BCUT2D eigenvalue weighted by atomic mass is 10.0. The summed E-state index contributed by atoms with van der Waals surface area (Å²) in [5.74, 6) is -0.159. The average Bonchev–Trinajstić information content (AvgIpc) is 2.63. The van der Waals surface area contributed by atoms with Gasteiger partial charge in [0.1, 0.15) is 5.60 Å². The number of ether oxygens (including phenoxy) is 2. The standard InChI is InChI=1S/C9H18N2O3/c1-7(10)8(12)11-5-9(13-2)3-4-14-6-9/h7H,3-6,10H2,1-2H3,(H,11,12). The molecule has 82 valence electrons. The largest absolute Gasteiger partial charge is 0.378 e. The maximum absolute atomic E-state index is 11.2. The van der Waals surface area contributed by atoms with E-state index in [9.17, 15) is 4.79 Å². The number of amides is 1. The Hall–Kier alpha value is -0.650. The second kappa shape index (κ2) is 4.72. The highest BCUT2D eigenvalue weighted by Gasteiger charge is 2.35. The van der Waals surface area contributed by atoms with Gasteiger partial charge in [-0.2, -0.15) is 0 Å². The van der Waals surface area contributed by atoms with Crippen molar-refractivity contribution in [1.29, 1.82) is 0 Å². The maximum Gasteiger partial charge on any atom is 0.236 e. The predicted molar refractivity (Wildman–Crippen MR) is 51.8 cm³/mol. The highest BCUT2D eigenvalue weighted by molar-refractivity contribution is 5.81. The van der Waals surface area contributed by atoms with Crippen LogP contribution in [0.15, 0.2) is 0 Å². The first kappa shape index (κ1) is 11.4. The number of hydrogen-bond acceptors (Lipinski definition) is 4. The van der Waals surface area contributed by atoms with Crippen LogP contribution >= 0.6 is 0 Å². The van der Waals surface area contributed by atoms with E-state index in [0.717, 1.165) is 6.42 Å². The molecule has 0 aromatic rings. The van der Waals surface area contributed by atoms with E-state index in [2.05, 4.69) is 5.32 Å². The van der Waals surface area contributed by atoms with Gasteiger partial charge in [-0.05, 0) is 6.92 Å². The Morgan fingerprint density at radius 3 is 2.93 bits per heavy atom. The Bertz CT molecular complexity index is 200. The zero-order valence-corrected chi connectivity index (χ0v) is 8.71. The molecule has 0 saturated carbocycles. The number of nitrogens with two attached hydrogens (primary N) is 1. The second-order valence-corrected chi connectivity index (χ2v) is 3.70. The fourth-order valence-corrected chi connectivity index (χ4v) is 1.37. The number of rotatable bonds is 4. The summed E-state index contributed by atoms with van der Waals surface area (Å²) in [4.78, 5) is 11.2. The van der Waals surface area contributed by atoms with Crippen molar-refractivity contribution in [3.63, 3.8) is 0 Å². The van der Waals surface area contributed by atoms with E-state index in [0.29, 0.717) is 19.8 Å². The molecule has 14 heavy (non-hydrogen) atoms. The van der Waals surface area contributed by atoms with Crippen LogP contribution in [0.25, 0.3) is 0 Å². The molecule has 1 fully saturated rings. The smallest absolute Gasteiger partial charge is 0.236 e. The van der Waals surface area contributed by atoms with Crippen LogP contribution in [-0.2, 0) is 14.3 Å². The zero-order valence-electron chi connectivity index (χ0n) is 8.71. The summed E-state index contributed by atoms with van der Waals surface area (Å²) in [5, 5.41) is 2.75. The van der Waals surface area contributed by atoms with Crippen molar-refractivity contribution in [2.24, 2.45) is 5.73 Å². The Labute approximate surface area is 83.9 Å². The van der Waals surface area contributed by atoms with Gasteiger partial charge in [-0.25, -0.2) is 0 Å². The SMILES string of the molecule is COC1(CNC(=O)C(C)N)CCOC1. The summed E-state index contributed by atoms with van der Waals surface area (Å²) in [6.07, 6.45) is 0.808. The fraction of sp³-hybridized carbons (Fsp3) is 0.889. The molecule has 5 heteroatoms. The van der Waals surface area contributed by atoms with Crippen LogP contribution in [0.1, 0.15) is 13.3 Å². The van der Waals surface area contributed by atoms with Crippen molar-refractivity contribution < 1.29 is 14.3 Å². The Morgan fingerprint density at radius 2 is 2.50 bits per heavy atom. The monoisotopic (exact) mass is 202 g/mol. The van der Waals surface area contributed by atoms with Gasteiger partial charge in [0, 0.05) is 26.7 Å². The summed E-state index contributed by atoms with van der Waals surface area (Å²) in [6.45, 7) is 3.33. The van der Waals surface area contributed by atoms with Gasteiger partial charge in [-0.1, -0.05) is 0 Å². The zero-order chi connectivity index (χ0) is 10.6. The van der Waals surface area contributed by atoms with Gasteiger partial charge in [0.05, 0.1) is 12.6 Å². The van der Waals surface area contributed by atoms with E-state index in [1.807, 2.05) is 0 Å². The highest BCUT2D eigenvalue weighted by Crippen LogP contribution is 2.21. The Kier molecular flexibility index (Phi) is 3.86. The molecule has 1 amide bonds. The molecule has 0 aliphatic carbocycles. The van der Waals surface area contributed by atoms with Crippen LogP contribution in [-0.4, -0.2) is 44.4 Å². The van der Waals surface area contributed by atoms with Gasteiger partial charge in [-0.15, -0.1) is 0 Å². The first-order chi connectivity index (χ1) is 6.59. The number of nitrogens with one attached hydrogen (secondary N) is 1. The molecule has 2 atom stereocenters. The molecule has 0 bridgehead atoms. The van der Waals surface area contributed by atoms with Gasteiger partial charge in [0.25, 0.3) is 0 Å². The molecular weight excluding hydrogens is 184 g/mol. The van der Waals surface area contributed by atoms with Gasteiger partial charge in [0.2, 0.25) is 5.91 Å². The minimum Gasteiger partial charge on any atom is -0.378 e. The predicted octanol–water partition coefficient (Wildman–Crippen LogP) is -0.745. The molecule has 1 rings (SSSR count). The third kappa shape index (κ3) is 2.67. The molecule has 1 aliphatic heterocycles. The molecule has 1 heterocycles. The van der Waals surface area contributed by atoms with Crippen molar-refractivity contribution in [2.75, 3.05) is 26.9 Å². The van der Waals surface area contributed by atoms with Crippen LogP contribution in [0.2, 0.25) is 0 Å². The molecule has 5 nitrogen and oxygen atoms in total. The molecule has 0 aromatic carbocycles. The molecule has 3 N–H and O–H groups in total. The molecular formula is C9H18N2O3. The first-order valence-corrected chi connectivity index (χ1v) is 4.76. The van der Waals surface area contributed by atoms with E-state index in [4.69, 9.17) is 15.2 Å². The lowest BCUT2D eigenvalue weighted by molar-refractivity contribution is -0.123. The first-order valence-electron chi connectivity index (χ1n) is 4.76. The summed E-state index contributed by atoms with van der Waals surface area (Å²) in [7, 11) is 1.63. The Morgan fingerprint density at radius 1 is 1.79 bits per heavy atom. The molecule has 0 spiro atoms. The minimum absolute atomic E-state index is 0.159. The van der Waals surface area contributed by atoms with Gasteiger partial charge in [0.15, 0.2) is 0 Å². The summed E-state index contributed by atoms with van der Waals surface area (Å²) in [6, 6.07) is -0.480. The maximum atomic E-state index is 11.2. The van der Waals surface area contributed by atoms with Gasteiger partial charge >= 0.3 is 0 Å². The van der Waals surface area contributed by atoms with Gasteiger partial charge in [-0.3, -0.25) is 4.79 Å². The fourth-order valence-electron chi connectivity index (χ4n) is 1.37. The van der Waals surface area contributed by atoms with E-state index in [1.165, 1.54) is 0 Å². The topological polar surface area (TPSA) is 73.6 Å². The Balaban J connectivity index is 2.38. The van der Waals surface area contributed by atoms with E-state index >= 15 is 0 Å². The number of carbonyl (C=O) groups excluding carboxylic acids is 1. The van der Waals surface area contributed by atoms with E-state index < -0.39 is 6.04 Å². The number of carbonyl (C=O) groups is 1. The van der Waals surface area contributed by atoms with Crippen molar-refractivity contribution >= 4 is 5.91 Å². The van der Waals surface area contributed by atoms with Crippen LogP contribution in [0, 0.1) is 0 Å². The molecule has 2 unspecified atom stereocenters. The summed E-state index contributed by atoms with van der Waals surface area (Å²) >= 11 is 0. The quantitative estimate of drug-likeness (QED) is 0.629. The molecule has 0 aromatic heterocycles. The molecule has 1 aliphatic rings. The van der Waals surface area contributed by atoms with Crippen molar-refractivity contribution in [1.82, 2.24) is 5.32 Å².